The largest absolute Gasteiger partial charge is 0.497 e. The summed E-state index contributed by atoms with van der Waals surface area (Å²) in [6.07, 6.45) is 3.45. The van der Waals surface area contributed by atoms with Crippen molar-refractivity contribution < 1.29 is 14.2 Å². The summed E-state index contributed by atoms with van der Waals surface area (Å²) in [4.78, 5) is 8.72. The second-order valence-electron chi connectivity index (χ2n) is 7.09. The molecule has 0 spiro atoms. The van der Waals surface area contributed by atoms with Crippen molar-refractivity contribution in [3.63, 3.8) is 0 Å². The van der Waals surface area contributed by atoms with Crippen LogP contribution < -0.4 is 9.47 Å². The van der Waals surface area contributed by atoms with E-state index in [2.05, 4.69) is 32.0 Å². The highest BCUT2D eigenvalue weighted by molar-refractivity contribution is 5.71. The van der Waals surface area contributed by atoms with E-state index in [1.165, 1.54) is 0 Å². The van der Waals surface area contributed by atoms with Gasteiger partial charge in [0.05, 0.1) is 32.1 Å². The van der Waals surface area contributed by atoms with Crippen molar-refractivity contribution >= 4 is 0 Å². The van der Waals surface area contributed by atoms with Crippen molar-refractivity contribution in [1.29, 1.82) is 0 Å². The van der Waals surface area contributed by atoms with E-state index >= 15 is 0 Å². The number of aromatic nitrogens is 6. The topological polar surface area (TPSA) is 89.1 Å². The Hall–Kier alpha value is -4.16. The summed E-state index contributed by atoms with van der Waals surface area (Å²) in [5.41, 5.74) is 4.23. The van der Waals surface area contributed by atoms with E-state index in [1.54, 1.807) is 39.9 Å². The van der Waals surface area contributed by atoms with Gasteiger partial charge in [-0.2, -0.15) is 0 Å². The number of methoxy groups -OCH3 is 3. The molecule has 0 N–H and O–H groups in total. The molecular formula is C23H20N6O3. The van der Waals surface area contributed by atoms with Crippen molar-refractivity contribution in [2.45, 2.75) is 13.2 Å². The number of hydrogen-bond acceptors (Lipinski definition) is 7. The lowest BCUT2D eigenvalue weighted by Gasteiger charge is -2.09. The van der Waals surface area contributed by atoms with Crippen LogP contribution in [0.1, 0.15) is 22.8 Å². The molecule has 4 heterocycles. The Kier molecular flexibility index (Phi) is 5.05. The summed E-state index contributed by atoms with van der Waals surface area (Å²) in [6, 6.07) is 9.48. The van der Waals surface area contributed by atoms with Crippen LogP contribution in [-0.2, 0) is 17.9 Å². The summed E-state index contributed by atoms with van der Waals surface area (Å²) in [5, 5.41) is 8.79. The van der Waals surface area contributed by atoms with Crippen LogP contribution >= 0.6 is 0 Å². The molecule has 5 rings (SSSR count). The molecule has 0 bridgehead atoms. The van der Waals surface area contributed by atoms with Crippen molar-refractivity contribution in [3.8, 4) is 40.5 Å². The first-order valence-corrected chi connectivity index (χ1v) is 9.90. The predicted molar refractivity (Wildman–Crippen MR) is 116 cm³/mol. The van der Waals surface area contributed by atoms with Crippen molar-refractivity contribution in [2.75, 3.05) is 21.3 Å². The summed E-state index contributed by atoms with van der Waals surface area (Å²) < 4.78 is 20.0. The molecule has 0 unspecified atom stereocenters. The number of benzene rings is 1. The zero-order valence-electron chi connectivity index (χ0n) is 17.9. The van der Waals surface area contributed by atoms with Gasteiger partial charge in [0, 0.05) is 30.5 Å². The molecule has 9 heteroatoms. The molecule has 1 aliphatic rings. The Morgan fingerprint density at radius 1 is 1.00 bits per heavy atom. The highest BCUT2D eigenvalue weighted by Crippen LogP contribution is 2.34. The second kappa shape index (κ2) is 8.17. The third-order valence-corrected chi connectivity index (χ3v) is 5.25. The smallest absolute Gasteiger partial charge is 0.214 e. The van der Waals surface area contributed by atoms with E-state index in [9.17, 15) is 0 Å². The Bertz CT molecular complexity index is 1360. The fraction of sp³-hybridized carbons (Fsp3) is 0.217. The number of nitrogens with zero attached hydrogens (tertiary/aromatic N) is 6. The lowest BCUT2D eigenvalue weighted by molar-refractivity contribution is 0.174. The first kappa shape index (κ1) is 19.8. The molecule has 3 aromatic heterocycles. The number of rotatable bonds is 4. The zero-order chi connectivity index (χ0) is 22.1. The molecule has 0 aliphatic carbocycles. The van der Waals surface area contributed by atoms with Crippen LogP contribution in [0.4, 0.5) is 0 Å². The highest BCUT2D eigenvalue weighted by Gasteiger charge is 2.26. The number of fused-ring (bicyclic) bond motifs is 5. The monoisotopic (exact) mass is 428 g/mol. The molecule has 0 saturated heterocycles. The van der Waals surface area contributed by atoms with E-state index in [0.29, 0.717) is 24.7 Å². The number of hydrogen-bond donors (Lipinski definition) is 0. The van der Waals surface area contributed by atoms with Gasteiger partial charge in [-0.1, -0.05) is 5.92 Å². The molecule has 32 heavy (non-hydrogen) atoms. The van der Waals surface area contributed by atoms with Crippen molar-refractivity contribution in [2.24, 2.45) is 0 Å². The van der Waals surface area contributed by atoms with Gasteiger partial charge in [0.1, 0.15) is 24.4 Å². The van der Waals surface area contributed by atoms with Crippen LogP contribution in [0.25, 0.3) is 17.1 Å². The van der Waals surface area contributed by atoms with E-state index < -0.39 is 0 Å². The van der Waals surface area contributed by atoms with Gasteiger partial charge in [0.2, 0.25) is 5.88 Å². The normalized spacial score (nSPS) is 11.5. The van der Waals surface area contributed by atoms with Crippen molar-refractivity contribution in [3.05, 3.63) is 65.6 Å². The molecule has 0 radical (unpaired) electrons. The Balaban J connectivity index is 1.66. The molecule has 1 aliphatic heterocycles. The molecule has 0 amide bonds. The fourth-order valence-corrected chi connectivity index (χ4v) is 3.68. The summed E-state index contributed by atoms with van der Waals surface area (Å²) in [6.45, 7) is 0.847. The van der Waals surface area contributed by atoms with Gasteiger partial charge < -0.3 is 18.8 Å². The van der Waals surface area contributed by atoms with Gasteiger partial charge in [0.25, 0.3) is 0 Å². The molecule has 1 aromatic carbocycles. The Morgan fingerprint density at radius 2 is 1.91 bits per heavy atom. The van der Waals surface area contributed by atoms with Gasteiger partial charge >= 0.3 is 0 Å². The average Bonchev–Trinajstić information content (AvgIpc) is 3.38. The minimum atomic E-state index is 0.345. The first-order valence-electron chi connectivity index (χ1n) is 9.90. The van der Waals surface area contributed by atoms with E-state index in [4.69, 9.17) is 14.2 Å². The van der Waals surface area contributed by atoms with Crippen LogP contribution in [0.15, 0.2) is 42.9 Å². The quantitative estimate of drug-likeness (QED) is 0.406. The van der Waals surface area contributed by atoms with E-state index in [0.717, 1.165) is 39.9 Å². The van der Waals surface area contributed by atoms with Gasteiger partial charge in [-0.05, 0) is 30.2 Å². The Morgan fingerprint density at radius 3 is 2.72 bits per heavy atom. The summed E-state index contributed by atoms with van der Waals surface area (Å²) >= 11 is 0. The zero-order valence-corrected chi connectivity index (χ0v) is 17.9. The second-order valence-corrected chi connectivity index (χ2v) is 7.09. The van der Waals surface area contributed by atoms with E-state index in [1.807, 2.05) is 33.4 Å². The minimum Gasteiger partial charge on any atom is -0.497 e. The average molecular weight is 428 g/mol. The number of ether oxygens (including phenoxy) is 3. The van der Waals surface area contributed by atoms with Gasteiger partial charge in [-0.15, -0.1) is 10.2 Å². The third-order valence-electron chi connectivity index (χ3n) is 5.25. The van der Waals surface area contributed by atoms with Crippen LogP contribution in [0.2, 0.25) is 0 Å². The third kappa shape index (κ3) is 3.36. The molecular weight excluding hydrogens is 408 g/mol. The molecule has 4 aromatic rings. The molecule has 0 saturated carbocycles. The molecule has 0 fully saturated rings. The lowest BCUT2D eigenvalue weighted by Crippen LogP contribution is -2.09. The van der Waals surface area contributed by atoms with Gasteiger partial charge in [-0.3, -0.25) is 4.57 Å². The standard InChI is InChI=1S/C23H20N6O3/c1-30-13-21-26-27-23-17-11-16(31-2)5-7-19(17)29-14-25-18(20(29)12-28(21)23)6-4-15-8-9-24-22(10-15)32-3/h5,7-11,14H,12-13H2,1-3H3. The number of imidazole rings is 1. The SMILES string of the molecule is COCc1nnc2n1Cc1c(C#Cc3ccnc(OC)c3)ncn1-c1ccc(OC)cc1-2. The van der Waals surface area contributed by atoms with Gasteiger partial charge in [0.15, 0.2) is 11.6 Å². The van der Waals surface area contributed by atoms with Gasteiger partial charge in [-0.25, -0.2) is 9.97 Å². The molecule has 9 nitrogen and oxygen atoms in total. The summed E-state index contributed by atoms with van der Waals surface area (Å²) in [7, 11) is 4.86. The van der Waals surface area contributed by atoms with Crippen LogP contribution in [0.5, 0.6) is 11.6 Å². The van der Waals surface area contributed by atoms with Crippen molar-refractivity contribution in [1.82, 2.24) is 29.3 Å². The maximum absolute atomic E-state index is 5.45. The molecule has 0 atom stereocenters. The predicted octanol–water partition coefficient (Wildman–Crippen LogP) is 2.45. The maximum Gasteiger partial charge on any atom is 0.214 e. The van der Waals surface area contributed by atoms with E-state index in [-0.39, 0.29) is 0 Å². The maximum atomic E-state index is 5.45. The van der Waals surface area contributed by atoms with Crippen LogP contribution in [0, 0.1) is 11.8 Å². The minimum absolute atomic E-state index is 0.345. The fourth-order valence-electron chi connectivity index (χ4n) is 3.68. The van der Waals surface area contributed by atoms with Crippen LogP contribution in [-0.4, -0.2) is 50.6 Å². The lowest BCUT2D eigenvalue weighted by atomic mass is 10.1. The molecule has 160 valence electrons. The Labute approximate surface area is 184 Å². The van der Waals surface area contributed by atoms with Crippen LogP contribution in [0.3, 0.4) is 0 Å². The summed E-state index contributed by atoms with van der Waals surface area (Å²) in [5.74, 6) is 9.08. The highest BCUT2D eigenvalue weighted by atomic mass is 16.5. The number of pyridine rings is 1. The first-order chi connectivity index (χ1) is 15.7.